The van der Waals surface area contributed by atoms with Crippen LogP contribution >= 0.6 is 0 Å². The van der Waals surface area contributed by atoms with Gasteiger partial charge in [0.25, 0.3) is 0 Å². The van der Waals surface area contributed by atoms with Crippen LogP contribution < -0.4 is 0 Å². The van der Waals surface area contributed by atoms with Gasteiger partial charge in [0.2, 0.25) is 0 Å². The fraction of sp³-hybridized carbons (Fsp3) is 0.846. The van der Waals surface area contributed by atoms with Crippen LogP contribution in [0.1, 0.15) is 33.6 Å². The van der Waals surface area contributed by atoms with E-state index in [1.54, 1.807) is 0 Å². The van der Waals surface area contributed by atoms with Crippen LogP contribution in [0.25, 0.3) is 0 Å². The molecule has 1 aliphatic rings. The van der Waals surface area contributed by atoms with Gasteiger partial charge in [-0.05, 0) is 36.9 Å². The number of hydrogen-bond acceptors (Lipinski definition) is 2. The fourth-order valence-corrected chi connectivity index (χ4v) is 2.76. The Balaban J connectivity index is 2.36. The molecule has 0 spiro atoms. The zero-order valence-corrected chi connectivity index (χ0v) is 12.1. The van der Waals surface area contributed by atoms with Crippen molar-refractivity contribution in [2.45, 2.75) is 57.3 Å². The predicted molar refractivity (Wildman–Crippen MR) is 69.7 cm³/mol. The number of rotatable bonds is 3. The van der Waals surface area contributed by atoms with E-state index < -0.39 is 13.9 Å². The van der Waals surface area contributed by atoms with Gasteiger partial charge < -0.3 is 9.53 Å². The number of hydrogen-bond donors (Lipinski definition) is 1. The van der Waals surface area contributed by atoms with Crippen molar-refractivity contribution in [2.24, 2.45) is 5.92 Å². The minimum atomic E-state index is -1.64. The summed E-state index contributed by atoms with van der Waals surface area (Å²) in [5.74, 6) is 2.89. The third kappa shape index (κ3) is 2.88. The Morgan fingerprint density at radius 2 is 1.94 bits per heavy atom. The summed E-state index contributed by atoms with van der Waals surface area (Å²) in [6.45, 7) is 12.0. The van der Waals surface area contributed by atoms with Gasteiger partial charge in [-0.2, -0.15) is 0 Å². The molecule has 1 fully saturated rings. The smallest absolute Gasteiger partial charge is 0.191 e. The second kappa shape index (κ2) is 4.18. The average Bonchev–Trinajstić information content (AvgIpc) is 2.08. The van der Waals surface area contributed by atoms with Gasteiger partial charge in [0, 0.05) is 6.61 Å². The molecule has 2 nitrogen and oxygen atoms in total. The molecule has 1 N–H and O–H groups in total. The van der Waals surface area contributed by atoms with Crippen molar-refractivity contribution in [2.75, 3.05) is 6.61 Å². The zero-order valence-electron chi connectivity index (χ0n) is 11.1. The first-order valence-corrected chi connectivity index (χ1v) is 8.85. The zero-order chi connectivity index (χ0) is 12.6. The number of terminal acetylenes is 1. The van der Waals surface area contributed by atoms with Gasteiger partial charge in [-0.1, -0.05) is 26.7 Å². The Bertz CT molecular complexity index is 290. The molecule has 0 aromatic carbocycles. The van der Waals surface area contributed by atoms with E-state index in [0.717, 1.165) is 6.61 Å². The van der Waals surface area contributed by atoms with Crippen molar-refractivity contribution in [3.8, 4) is 12.3 Å². The molecule has 0 heterocycles. The van der Waals surface area contributed by atoms with Crippen LogP contribution in [0, 0.1) is 18.3 Å². The van der Waals surface area contributed by atoms with Gasteiger partial charge in [0.15, 0.2) is 8.32 Å². The molecule has 0 unspecified atom stereocenters. The SMILES string of the molecule is C#CC1(O)CC(CO[Si](C)(C)C(C)(C)C)C1. The molecular formula is C13H24O2Si. The molecule has 16 heavy (non-hydrogen) atoms. The molecular weight excluding hydrogens is 216 g/mol. The van der Waals surface area contributed by atoms with Crippen molar-refractivity contribution in [3.05, 3.63) is 0 Å². The van der Waals surface area contributed by atoms with Crippen LogP contribution in [-0.4, -0.2) is 25.6 Å². The Kier molecular flexibility index (Phi) is 3.59. The molecule has 0 radical (unpaired) electrons. The Labute approximate surface area is 101 Å². The molecule has 0 aromatic rings. The van der Waals surface area contributed by atoms with Gasteiger partial charge in [-0.15, -0.1) is 6.42 Å². The van der Waals surface area contributed by atoms with E-state index in [1.807, 2.05) is 0 Å². The molecule has 1 aliphatic carbocycles. The Hall–Kier alpha value is -0.303. The summed E-state index contributed by atoms with van der Waals surface area (Å²) >= 11 is 0. The lowest BCUT2D eigenvalue weighted by atomic mass is 9.72. The molecule has 0 aliphatic heterocycles. The van der Waals surface area contributed by atoms with Crippen molar-refractivity contribution in [1.82, 2.24) is 0 Å². The van der Waals surface area contributed by atoms with E-state index in [4.69, 9.17) is 10.8 Å². The lowest BCUT2D eigenvalue weighted by Crippen LogP contribution is -2.48. The third-order valence-electron chi connectivity index (χ3n) is 4.01. The second-order valence-electron chi connectivity index (χ2n) is 6.52. The van der Waals surface area contributed by atoms with Gasteiger partial charge in [-0.3, -0.25) is 0 Å². The fourth-order valence-electron chi connectivity index (χ4n) is 1.67. The van der Waals surface area contributed by atoms with Crippen LogP contribution in [0.4, 0.5) is 0 Å². The molecule has 0 aromatic heterocycles. The number of aliphatic hydroxyl groups is 1. The van der Waals surface area contributed by atoms with Crippen LogP contribution in [0.15, 0.2) is 0 Å². The highest BCUT2D eigenvalue weighted by Crippen LogP contribution is 2.41. The van der Waals surface area contributed by atoms with Gasteiger partial charge in [-0.25, -0.2) is 0 Å². The molecule has 3 heteroatoms. The molecule has 0 atom stereocenters. The Morgan fingerprint density at radius 1 is 1.44 bits per heavy atom. The summed E-state index contributed by atoms with van der Waals surface area (Å²) in [5, 5.41) is 9.95. The largest absolute Gasteiger partial charge is 0.417 e. The highest BCUT2D eigenvalue weighted by Gasteiger charge is 2.43. The highest BCUT2D eigenvalue weighted by molar-refractivity contribution is 6.74. The summed E-state index contributed by atoms with van der Waals surface area (Å²) in [5.41, 5.74) is -0.846. The van der Waals surface area contributed by atoms with Crippen LogP contribution in [-0.2, 0) is 4.43 Å². The van der Waals surface area contributed by atoms with E-state index in [2.05, 4.69) is 39.8 Å². The summed E-state index contributed by atoms with van der Waals surface area (Å²) in [4.78, 5) is 0. The van der Waals surface area contributed by atoms with Crippen LogP contribution in [0.2, 0.25) is 18.1 Å². The van der Waals surface area contributed by atoms with Crippen molar-refractivity contribution < 1.29 is 9.53 Å². The minimum absolute atomic E-state index is 0.249. The monoisotopic (exact) mass is 240 g/mol. The van der Waals surface area contributed by atoms with Crippen molar-refractivity contribution in [1.29, 1.82) is 0 Å². The average molecular weight is 240 g/mol. The highest BCUT2D eigenvalue weighted by atomic mass is 28.4. The first-order valence-electron chi connectivity index (χ1n) is 5.94. The summed E-state index contributed by atoms with van der Waals surface area (Å²) in [6.07, 6.45) is 6.63. The van der Waals surface area contributed by atoms with Crippen LogP contribution in [0.5, 0.6) is 0 Å². The quantitative estimate of drug-likeness (QED) is 0.607. The molecule has 92 valence electrons. The summed E-state index contributed by atoms with van der Waals surface area (Å²) in [6, 6.07) is 0. The van der Waals surface area contributed by atoms with Gasteiger partial charge >= 0.3 is 0 Å². The van der Waals surface area contributed by atoms with Crippen molar-refractivity contribution >= 4 is 8.32 Å². The van der Waals surface area contributed by atoms with Crippen LogP contribution in [0.3, 0.4) is 0 Å². The summed E-state index contributed by atoms with van der Waals surface area (Å²) in [7, 11) is -1.64. The third-order valence-corrected chi connectivity index (χ3v) is 8.51. The maximum Gasteiger partial charge on any atom is 0.191 e. The molecule has 0 amide bonds. The molecule has 1 saturated carbocycles. The molecule has 0 saturated heterocycles. The van der Waals surface area contributed by atoms with E-state index in [9.17, 15) is 5.11 Å². The topological polar surface area (TPSA) is 29.5 Å². The van der Waals surface area contributed by atoms with E-state index in [-0.39, 0.29) is 5.04 Å². The second-order valence-corrected chi connectivity index (χ2v) is 11.3. The summed E-state index contributed by atoms with van der Waals surface area (Å²) < 4.78 is 6.09. The first kappa shape index (κ1) is 13.8. The van der Waals surface area contributed by atoms with E-state index in [0.29, 0.717) is 18.8 Å². The first-order chi connectivity index (χ1) is 7.10. The Morgan fingerprint density at radius 3 is 2.31 bits per heavy atom. The maximum atomic E-state index is 9.70. The normalized spacial score (nSPS) is 30.7. The lowest BCUT2D eigenvalue weighted by molar-refractivity contribution is -0.0388. The van der Waals surface area contributed by atoms with Crippen molar-refractivity contribution in [3.63, 3.8) is 0 Å². The minimum Gasteiger partial charge on any atom is -0.417 e. The standard InChI is InChI=1S/C13H24O2Si/c1-7-13(14)8-11(9-13)10-15-16(5,6)12(2,3)4/h1,11,14H,8-10H2,2-6H3. The lowest BCUT2D eigenvalue weighted by Gasteiger charge is -2.43. The molecule has 1 rings (SSSR count). The van der Waals surface area contributed by atoms with E-state index in [1.165, 1.54) is 0 Å². The van der Waals surface area contributed by atoms with Gasteiger partial charge in [0.1, 0.15) is 5.60 Å². The maximum absolute atomic E-state index is 9.70. The van der Waals surface area contributed by atoms with E-state index >= 15 is 0 Å². The molecule has 0 bridgehead atoms. The predicted octanol–water partition coefficient (Wildman–Crippen LogP) is 2.78. The van der Waals surface area contributed by atoms with Gasteiger partial charge in [0.05, 0.1) is 0 Å².